The number of carbonyl (C=O) groups excluding carboxylic acids is 1. The molecule has 4 rings (SSSR count). The first-order valence-electron chi connectivity index (χ1n) is 8.97. The zero-order valence-electron chi connectivity index (χ0n) is 15.6. The molecule has 0 aliphatic rings. The number of hydrogen-bond donors (Lipinski definition) is 2. The molecule has 0 saturated carbocycles. The van der Waals surface area contributed by atoms with Crippen LogP contribution < -0.4 is 15.6 Å². The number of hydrogen-bond acceptors (Lipinski definition) is 6. The Bertz CT molecular complexity index is 1230. The van der Waals surface area contributed by atoms with Crippen molar-refractivity contribution in [1.29, 1.82) is 0 Å². The predicted octanol–water partition coefficient (Wildman–Crippen LogP) is 1.62. The van der Waals surface area contributed by atoms with Crippen molar-refractivity contribution in [3.05, 3.63) is 70.6 Å². The van der Waals surface area contributed by atoms with E-state index in [2.05, 4.69) is 25.8 Å². The van der Waals surface area contributed by atoms with Crippen LogP contribution in [0.25, 0.3) is 22.2 Å². The summed E-state index contributed by atoms with van der Waals surface area (Å²) in [6, 6.07) is 16.1. The van der Waals surface area contributed by atoms with Gasteiger partial charge in [-0.15, -0.1) is 5.10 Å². The van der Waals surface area contributed by atoms with E-state index < -0.39 is 0 Å². The zero-order valence-corrected chi connectivity index (χ0v) is 15.6. The van der Waals surface area contributed by atoms with E-state index in [9.17, 15) is 9.59 Å². The molecule has 0 saturated heterocycles. The lowest BCUT2D eigenvalue weighted by Gasteiger charge is -2.06. The van der Waals surface area contributed by atoms with E-state index in [0.717, 1.165) is 5.56 Å². The van der Waals surface area contributed by atoms with Crippen LogP contribution >= 0.6 is 0 Å². The maximum Gasteiger partial charge on any atom is 0.277 e. The molecule has 2 heterocycles. The van der Waals surface area contributed by atoms with Gasteiger partial charge in [-0.25, -0.2) is 4.68 Å². The Morgan fingerprint density at radius 2 is 1.97 bits per heavy atom. The van der Waals surface area contributed by atoms with E-state index in [-0.39, 0.29) is 24.6 Å². The van der Waals surface area contributed by atoms with Gasteiger partial charge in [0, 0.05) is 12.1 Å². The Morgan fingerprint density at radius 1 is 1.17 bits per heavy atom. The molecule has 2 N–H and O–H groups in total. The molecular weight excluding hydrogens is 372 g/mol. The number of fused-ring (bicyclic) bond motifs is 1. The van der Waals surface area contributed by atoms with Crippen molar-refractivity contribution >= 4 is 16.8 Å². The van der Waals surface area contributed by atoms with Gasteiger partial charge in [0.1, 0.15) is 17.0 Å². The molecule has 0 atom stereocenters. The van der Waals surface area contributed by atoms with Gasteiger partial charge in [0.15, 0.2) is 0 Å². The number of aromatic nitrogens is 5. The first-order chi connectivity index (χ1) is 14.2. The zero-order chi connectivity index (χ0) is 20.2. The number of para-hydroxylation sites is 1. The summed E-state index contributed by atoms with van der Waals surface area (Å²) in [5.74, 6) is 0.334. The van der Waals surface area contributed by atoms with Crippen molar-refractivity contribution in [1.82, 2.24) is 30.5 Å². The van der Waals surface area contributed by atoms with Crippen LogP contribution in [0.2, 0.25) is 0 Å². The monoisotopic (exact) mass is 390 g/mol. The Kier molecular flexibility index (Phi) is 5.02. The normalized spacial score (nSPS) is 10.8. The number of amides is 1. The highest BCUT2D eigenvalue weighted by molar-refractivity contribution is 5.93. The third kappa shape index (κ3) is 3.70. The molecule has 0 aliphatic carbocycles. The molecule has 9 heteroatoms. The number of H-pyrrole nitrogens is 1. The van der Waals surface area contributed by atoms with Gasteiger partial charge in [-0.05, 0) is 30.3 Å². The fourth-order valence-corrected chi connectivity index (χ4v) is 2.97. The molecule has 0 bridgehead atoms. The topological polar surface area (TPSA) is 115 Å². The highest BCUT2D eigenvalue weighted by Gasteiger charge is 2.13. The lowest BCUT2D eigenvalue weighted by molar-refractivity contribution is 0.0946. The van der Waals surface area contributed by atoms with Crippen LogP contribution in [0.3, 0.4) is 0 Å². The summed E-state index contributed by atoms with van der Waals surface area (Å²) in [6.07, 6.45) is 0. The smallest absolute Gasteiger partial charge is 0.277 e. The van der Waals surface area contributed by atoms with E-state index in [1.54, 1.807) is 37.4 Å². The van der Waals surface area contributed by atoms with Crippen LogP contribution in [0.4, 0.5) is 0 Å². The fraction of sp³-hybridized carbons (Fsp3) is 0.150. The molecule has 0 spiro atoms. The van der Waals surface area contributed by atoms with Gasteiger partial charge in [-0.1, -0.05) is 29.5 Å². The summed E-state index contributed by atoms with van der Waals surface area (Å²) in [5, 5.41) is 18.1. The second kappa shape index (κ2) is 7.93. The van der Waals surface area contributed by atoms with Crippen LogP contribution in [-0.2, 0) is 6.54 Å². The van der Waals surface area contributed by atoms with Crippen LogP contribution in [-0.4, -0.2) is 44.8 Å². The van der Waals surface area contributed by atoms with Crippen LogP contribution in [0, 0.1) is 0 Å². The molecule has 4 aromatic rings. The second-order valence-corrected chi connectivity index (χ2v) is 6.26. The van der Waals surface area contributed by atoms with Crippen LogP contribution in [0.15, 0.2) is 59.4 Å². The second-order valence-electron chi connectivity index (χ2n) is 6.26. The number of benzene rings is 2. The van der Waals surface area contributed by atoms with Crippen molar-refractivity contribution in [2.24, 2.45) is 0 Å². The first-order valence-corrected chi connectivity index (χ1v) is 8.97. The minimum atomic E-state index is -0.333. The lowest BCUT2D eigenvalue weighted by Crippen LogP contribution is -2.32. The fourth-order valence-electron chi connectivity index (χ4n) is 2.97. The summed E-state index contributed by atoms with van der Waals surface area (Å²) in [5.41, 5.74) is 1.99. The molecule has 146 valence electrons. The molecule has 2 aromatic carbocycles. The van der Waals surface area contributed by atoms with Crippen molar-refractivity contribution in [2.75, 3.05) is 13.7 Å². The van der Waals surface area contributed by atoms with E-state index in [4.69, 9.17) is 4.74 Å². The Hall–Kier alpha value is -4.01. The Morgan fingerprint density at radius 3 is 2.83 bits per heavy atom. The Balaban J connectivity index is 1.43. The molecular formula is C20H18N6O3. The third-order valence-electron chi connectivity index (χ3n) is 4.44. The summed E-state index contributed by atoms with van der Waals surface area (Å²) in [7, 11) is 1.58. The molecule has 0 radical (unpaired) electrons. The molecule has 9 nitrogen and oxygen atoms in total. The van der Waals surface area contributed by atoms with Gasteiger partial charge in [0.25, 0.3) is 11.5 Å². The summed E-state index contributed by atoms with van der Waals surface area (Å²) in [6.45, 7) is 0.421. The van der Waals surface area contributed by atoms with Crippen molar-refractivity contribution in [3.63, 3.8) is 0 Å². The van der Waals surface area contributed by atoms with Crippen molar-refractivity contribution in [2.45, 2.75) is 6.54 Å². The molecule has 0 aliphatic heterocycles. The number of nitrogens with one attached hydrogen (secondary N) is 2. The molecule has 1 amide bonds. The van der Waals surface area contributed by atoms with E-state index >= 15 is 0 Å². The number of ether oxygens (including phenoxy) is 1. The maximum absolute atomic E-state index is 12.4. The van der Waals surface area contributed by atoms with Crippen molar-refractivity contribution in [3.8, 4) is 17.0 Å². The Labute approximate surface area is 165 Å². The number of aromatic amines is 1. The maximum atomic E-state index is 12.4. The number of rotatable bonds is 6. The summed E-state index contributed by atoms with van der Waals surface area (Å²) >= 11 is 0. The highest BCUT2D eigenvalue weighted by atomic mass is 16.5. The standard InChI is InChI=1S/C20H18N6O3/c1-29-18-9-5-3-6-13(18)16-12-17(23-22-16)19(27)21-10-11-26-20(28)14-7-2-4-8-15(14)24-25-26/h2-9,12H,10-11H2,1H3,(H,21,27)(H,22,23). The van der Waals surface area contributed by atoms with Crippen LogP contribution in [0.5, 0.6) is 5.75 Å². The van der Waals surface area contributed by atoms with Crippen molar-refractivity contribution < 1.29 is 9.53 Å². The van der Waals surface area contributed by atoms with Gasteiger partial charge in [0.05, 0.1) is 24.7 Å². The first kappa shape index (κ1) is 18.4. The summed E-state index contributed by atoms with van der Waals surface area (Å²) in [4.78, 5) is 24.8. The average molecular weight is 390 g/mol. The van der Waals surface area contributed by atoms with E-state index in [1.807, 2.05) is 24.3 Å². The molecule has 0 unspecified atom stereocenters. The van der Waals surface area contributed by atoms with Gasteiger partial charge < -0.3 is 10.1 Å². The quantitative estimate of drug-likeness (QED) is 0.517. The molecule has 29 heavy (non-hydrogen) atoms. The molecule has 2 aromatic heterocycles. The van der Waals surface area contributed by atoms with Gasteiger partial charge in [-0.3, -0.25) is 14.7 Å². The minimum absolute atomic E-state index is 0.204. The van der Waals surface area contributed by atoms with E-state index in [0.29, 0.717) is 28.0 Å². The predicted molar refractivity (Wildman–Crippen MR) is 107 cm³/mol. The lowest BCUT2D eigenvalue weighted by atomic mass is 10.1. The largest absolute Gasteiger partial charge is 0.496 e. The number of carbonyl (C=O) groups is 1. The van der Waals surface area contributed by atoms with E-state index in [1.165, 1.54) is 4.68 Å². The van der Waals surface area contributed by atoms with Gasteiger partial charge in [0.2, 0.25) is 0 Å². The van der Waals surface area contributed by atoms with Crippen LogP contribution in [0.1, 0.15) is 10.5 Å². The number of nitrogens with zero attached hydrogens (tertiary/aromatic N) is 4. The summed E-state index contributed by atoms with van der Waals surface area (Å²) < 4.78 is 6.56. The highest BCUT2D eigenvalue weighted by Crippen LogP contribution is 2.28. The minimum Gasteiger partial charge on any atom is -0.496 e. The van der Waals surface area contributed by atoms with Gasteiger partial charge in [-0.2, -0.15) is 5.10 Å². The number of methoxy groups -OCH3 is 1. The SMILES string of the molecule is COc1ccccc1-c1cc(C(=O)NCCn2nnc3ccccc3c2=O)[nH]n1. The van der Waals surface area contributed by atoms with Gasteiger partial charge >= 0.3 is 0 Å². The third-order valence-corrected chi connectivity index (χ3v) is 4.44. The average Bonchev–Trinajstić information content (AvgIpc) is 3.25. The molecule has 0 fully saturated rings.